The van der Waals surface area contributed by atoms with Crippen LogP contribution in [-0.4, -0.2) is 17.3 Å². The first-order chi connectivity index (χ1) is 15.3. The number of para-hydroxylation sites is 2. The van der Waals surface area contributed by atoms with Gasteiger partial charge in [-0.3, -0.25) is 0 Å². The average molecular weight is 460 g/mol. The number of halogens is 3. The molecule has 168 valence electrons. The molecule has 1 heterocycles. The number of nitrogens with one attached hydrogen (secondary N) is 2. The van der Waals surface area contributed by atoms with Crippen molar-refractivity contribution in [2.75, 3.05) is 18.0 Å². The van der Waals surface area contributed by atoms with Gasteiger partial charge in [0.15, 0.2) is 0 Å². The summed E-state index contributed by atoms with van der Waals surface area (Å²) in [5.41, 5.74) is 4.00. The summed E-state index contributed by atoms with van der Waals surface area (Å²) in [6.45, 7) is 0.952. The lowest BCUT2D eigenvalue weighted by Crippen LogP contribution is -2.28. The Kier molecular flexibility index (Phi) is 6.26. The van der Waals surface area contributed by atoms with Gasteiger partial charge in [-0.2, -0.15) is 13.2 Å². The van der Waals surface area contributed by atoms with E-state index in [-0.39, 0.29) is 4.90 Å². The van der Waals surface area contributed by atoms with Crippen molar-refractivity contribution >= 4 is 21.3 Å². The predicted molar refractivity (Wildman–Crippen MR) is 120 cm³/mol. The summed E-state index contributed by atoms with van der Waals surface area (Å²) in [4.78, 5) is 2.29. The van der Waals surface area contributed by atoms with Crippen molar-refractivity contribution in [2.45, 2.75) is 30.3 Å². The summed E-state index contributed by atoms with van der Waals surface area (Å²) in [6, 6.07) is 20.5. The number of hydrogen-bond donors (Lipinski definition) is 2. The van der Waals surface area contributed by atoms with Crippen LogP contribution in [0.5, 0.6) is 0 Å². The van der Waals surface area contributed by atoms with Gasteiger partial charge in [0.2, 0.25) is 0 Å². The molecule has 0 saturated heterocycles. The van der Waals surface area contributed by atoms with Gasteiger partial charge in [-0.25, -0.2) is 13.7 Å². The van der Waals surface area contributed by atoms with Gasteiger partial charge in [0, 0.05) is 24.5 Å². The summed E-state index contributed by atoms with van der Waals surface area (Å²) in [6.07, 6.45) is -1.94. The van der Waals surface area contributed by atoms with E-state index in [0.717, 1.165) is 48.5 Å². The maximum Gasteiger partial charge on any atom is 0.416 e. The van der Waals surface area contributed by atoms with Crippen LogP contribution in [0.3, 0.4) is 0 Å². The molecule has 32 heavy (non-hydrogen) atoms. The Hall–Kier alpha value is -2.84. The molecule has 0 fully saturated rings. The average Bonchev–Trinajstić information content (AvgIpc) is 2.93. The fourth-order valence-electron chi connectivity index (χ4n) is 3.98. The summed E-state index contributed by atoms with van der Waals surface area (Å²) >= 11 is 0. The van der Waals surface area contributed by atoms with Gasteiger partial charge in [-0.05, 0) is 66.8 Å². The van der Waals surface area contributed by atoms with Crippen LogP contribution >= 0.6 is 0 Å². The zero-order valence-electron chi connectivity index (χ0n) is 17.4. The molecule has 0 spiro atoms. The number of benzene rings is 3. The van der Waals surface area contributed by atoms with Gasteiger partial charge in [0.05, 0.1) is 10.5 Å². The van der Waals surface area contributed by atoms with E-state index in [1.54, 1.807) is 0 Å². The number of aryl methyl sites for hydroxylation is 2. The summed E-state index contributed by atoms with van der Waals surface area (Å²) in [5, 5.41) is 0. The van der Waals surface area contributed by atoms with E-state index in [1.165, 1.54) is 11.1 Å². The van der Waals surface area contributed by atoms with E-state index in [0.29, 0.717) is 19.5 Å². The summed E-state index contributed by atoms with van der Waals surface area (Å²) < 4.78 is 61.8. The minimum atomic E-state index is -4.46. The van der Waals surface area contributed by atoms with Crippen LogP contribution in [0.4, 0.5) is 24.5 Å². The Morgan fingerprint density at radius 3 is 1.94 bits per heavy atom. The molecule has 1 unspecified atom stereocenters. The van der Waals surface area contributed by atoms with Crippen molar-refractivity contribution in [3.63, 3.8) is 0 Å². The maximum absolute atomic E-state index is 12.7. The number of hydrogen-bond acceptors (Lipinski definition) is 3. The van der Waals surface area contributed by atoms with E-state index in [2.05, 4.69) is 33.9 Å². The maximum atomic E-state index is 12.7. The van der Waals surface area contributed by atoms with E-state index in [4.69, 9.17) is 4.78 Å². The van der Waals surface area contributed by atoms with Gasteiger partial charge < -0.3 is 4.90 Å². The van der Waals surface area contributed by atoms with E-state index in [1.807, 2.05) is 24.3 Å². The highest BCUT2D eigenvalue weighted by Gasteiger charge is 2.30. The largest absolute Gasteiger partial charge is 0.416 e. The quantitative estimate of drug-likeness (QED) is 0.448. The van der Waals surface area contributed by atoms with E-state index >= 15 is 0 Å². The molecule has 8 heteroatoms. The van der Waals surface area contributed by atoms with Crippen LogP contribution in [-0.2, 0) is 28.9 Å². The molecule has 2 N–H and O–H groups in total. The van der Waals surface area contributed by atoms with Crippen molar-refractivity contribution in [1.29, 1.82) is 4.78 Å². The molecule has 0 saturated carbocycles. The predicted octanol–water partition coefficient (Wildman–Crippen LogP) is 5.94. The molecule has 1 aliphatic heterocycles. The first kappa shape index (κ1) is 22.4. The first-order valence-electron chi connectivity index (χ1n) is 10.4. The molecule has 0 amide bonds. The Morgan fingerprint density at radius 2 is 1.41 bits per heavy atom. The standard InChI is InChI=1S/C24H24F3N3OS/c25-24(26,27)20-12-14-21(15-13-20)32(28,31)29-16-5-17-30-22-8-3-1-6-18(22)10-11-19-7-2-4-9-23(19)30/h1-4,6-9,12-15H,5,10-11,16-17H2,(H2,28,29,31). The van der Waals surface area contributed by atoms with Crippen molar-refractivity contribution in [1.82, 2.24) is 4.72 Å². The third-order valence-electron chi connectivity index (χ3n) is 5.61. The molecule has 3 aromatic carbocycles. The molecule has 0 bridgehead atoms. The zero-order chi connectivity index (χ0) is 22.8. The zero-order valence-corrected chi connectivity index (χ0v) is 18.2. The Morgan fingerprint density at radius 1 is 0.875 bits per heavy atom. The molecular formula is C24H24F3N3OS. The van der Waals surface area contributed by atoms with Crippen molar-refractivity contribution in [3.05, 3.63) is 89.5 Å². The number of fused-ring (bicyclic) bond motifs is 2. The van der Waals surface area contributed by atoms with Crippen molar-refractivity contribution in [2.24, 2.45) is 0 Å². The number of anilines is 2. The molecule has 1 atom stereocenters. The fraction of sp³-hybridized carbons (Fsp3) is 0.250. The second-order valence-electron chi connectivity index (χ2n) is 7.74. The molecular weight excluding hydrogens is 435 g/mol. The minimum absolute atomic E-state index is 0.0379. The molecule has 4 rings (SSSR count). The third kappa shape index (κ3) is 4.81. The van der Waals surface area contributed by atoms with Gasteiger partial charge in [-0.1, -0.05) is 36.4 Å². The lowest BCUT2D eigenvalue weighted by atomic mass is 10.0. The summed E-state index contributed by atoms with van der Waals surface area (Å²) in [7, 11) is -3.39. The van der Waals surface area contributed by atoms with Gasteiger partial charge in [0.1, 0.15) is 9.92 Å². The van der Waals surface area contributed by atoms with E-state index in [9.17, 15) is 17.4 Å². The fourth-order valence-corrected chi connectivity index (χ4v) is 5.10. The Labute approximate surface area is 186 Å². The smallest absolute Gasteiger partial charge is 0.341 e. The molecule has 0 aromatic heterocycles. The highest BCUT2D eigenvalue weighted by molar-refractivity contribution is 7.90. The topological polar surface area (TPSA) is 56.2 Å². The van der Waals surface area contributed by atoms with E-state index < -0.39 is 21.7 Å². The number of nitrogens with zero attached hydrogens (tertiary/aromatic N) is 1. The van der Waals surface area contributed by atoms with Crippen LogP contribution in [0.2, 0.25) is 0 Å². The lowest BCUT2D eigenvalue weighted by Gasteiger charge is -2.27. The van der Waals surface area contributed by atoms with Crippen LogP contribution in [0.25, 0.3) is 0 Å². The number of rotatable bonds is 6. The molecule has 0 radical (unpaired) electrons. The van der Waals surface area contributed by atoms with Crippen LogP contribution in [0, 0.1) is 4.78 Å². The SMILES string of the molecule is N=S(=O)(NCCCN1c2ccccc2CCc2ccccc21)c1ccc(C(F)(F)F)cc1. The van der Waals surface area contributed by atoms with Gasteiger partial charge in [-0.15, -0.1) is 0 Å². The second-order valence-corrected chi connectivity index (χ2v) is 9.61. The minimum Gasteiger partial charge on any atom is -0.341 e. The third-order valence-corrected chi connectivity index (χ3v) is 7.15. The van der Waals surface area contributed by atoms with Gasteiger partial charge >= 0.3 is 6.18 Å². The first-order valence-corrected chi connectivity index (χ1v) is 12.0. The highest BCUT2D eigenvalue weighted by Crippen LogP contribution is 2.36. The Balaban J connectivity index is 1.45. The lowest BCUT2D eigenvalue weighted by molar-refractivity contribution is -0.137. The van der Waals surface area contributed by atoms with Crippen LogP contribution in [0.1, 0.15) is 23.1 Å². The summed E-state index contributed by atoms with van der Waals surface area (Å²) in [5.74, 6) is 0. The van der Waals surface area contributed by atoms with Gasteiger partial charge in [0.25, 0.3) is 0 Å². The van der Waals surface area contributed by atoms with Crippen LogP contribution < -0.4 is 9.62 Å². The molecule has 4 nitrogen and oxygen atoms in total. The van der Waals surface area contributed by atoms with Crippen molar-refractivity contribution in [3.8, 4) is 0 Å². The normalized spacial score (nSPS) is 15.4. The van der Waals surface area contributed by atoms with Crippen molar-refractivity contribution < 1.29 is 17.4 Å². The molecule has 3 aromatic rings. The second kappa shape index (κ2) is 8.96. The Bertz CT molecular complexity index is 1140. The molecule has 1 aliphatic rings. The monoisotopic (exact) mass is 459 g/mol. The highest BCUT2D eigenvalue weighted by atomic mass is 32.2. The number of alkyl halides is 3. The molecule has 0 aliphatic carbocycles. The van der Waals surface area contributed by atoms with Crippen LogP contribution in [0.15, 0.2) is 77.7 Å².